The van der Waals surface area contributed by atoms with Gasteiger partial charge in [-0.1, -0.05) is 0 Å². The summed E-state index contributed by atoms with van der Waals surface area (Å²) in [6, 6.07) is 0.619. The fraction of sp³-hybridized carbons (Fsp3) is 0.667. The molecule has 1 aromatic rings. The quantitative estimate of drug-likeness (QED) is 0.715. The Kier molecular flexibility index (Phi) is 3.80. The van der Waals surface area contributed by atoms with Crippen molar-refractivity contribution in [2.45, 2.75) is 32.4 Å². The maximum Gasteiger partial charge on any atom is 0.0945 e. The zero-order valence-corrected chi connectivity index (χ0v) is 7.83. The summed E-state index contributed by atoms with van der Waals surface area (Å²) in [6.07, 6.45) is 8.11. The molecule has 1 aromatic heterocycles. The third-order valence-electron chi connectivity index (χ3n) is 2.11. The molecule has 0 saturated heterocycles. The standard InChI is InChI=1S/C9H17N3/c1-9(10-2)4-3-6-12-7-5-11-8-12/h5,7-10H,3-4,6H2,1-2H3. The molecule has 0 radical (unpaired) electrons. The van der Waals surface area contributed by atoms with Gasteiger partial charge in [-0.2, -0.15) is 0 Å². The van der Waals surface area contributed by atoms with Crippen LogP contribution in [0.25, 0.3) is 0 Å². The molecule has 0 fully saturated rings. The van der Waals surface area contributed by atoms with E-state index < -0.39 is 0 Å². The van der Waals surface area contributed by atoms with E-state index in [1.807, 2.05) is 25.8 Å². The number of aromatic nitrogens is 2. The number of hydrogen-bond donors (Lipinski definition) is 1. The Morgan fingerprint density at radius 2 is 2.42 bits per heavy atom. The van der Waals surface area contributed by atoms with Gasteiger partial charge in [0.25, 0.3) is 0 Å². The van der Waals surface area contributed by atoms with E-state index in [0.717, 1.165) is 6.54 Å². The smallest absolute Gasteiger partial charge is 0.0945 e. The van der Waals surface area contributed by atoms with Gasteiger partial charge in [-0.3, -0.25) is 0 Å². The fourth-order valence-electron chi connectivity index (χ4n) is 1.14. The van der Waals surface area contributed by atoms with E-state index in [4.69, 9.17) is 0 Å². The van der Waals surface area contributed by atoms with Crippen LogP contribution in [0.4, 0.5) is 0 Å². The molecule has 0 spiro atoms. The highest BCUT2D eigenvalue weighted by molar-refractivity contribution is 4.73. The minimum atomic E-state index is 0.619. The van der Waals surface area contributed by atoms with E-state index >= 15 is 0 Å². The van der Waals surface area contributed by atoms with E-state index in [9.17, 15) is 0 Å². The van der Waals surface area contributed by atoms with Crippen LogP contribution in [-0.4, -0.2) is 22.6 Å². The zero-order chi connectivity index (χ0) is 8.81. The summed E-state index contributed by atoms with van der Waals surface area (Å²) in [5.74, 6) is 0. The molecule has 0 aliphatic heterocycles. The summed E-state index contributed by atoms with van der Waals surface area (Å²) in [5, 5.41) is 3.22. The lowest BCUT2D eigenvalue weighted by atomic mass is 10.2. The summed E-state index contributed by atoms with van der Waals surface area (Å²) in [5.41, 5.74) is 0. The van der Waals surface area contributed by atoms with Gasteiger partial charge < -0.3 is 9.88 Å². The third-order valence-corrected chi connectivity index (χ3v) is 2.11. The number of nitrogens with zero attached hydrogens (tertiary/aromatic N) is 2. The first-order valence-corrected chi connectivity index (χ1v) is 4.46. The molecule has 0 aromatic carbocycles. The van der Waals surface area contributed by atoms with Gasteiger partial charge in [0, 0.05) is 25.0 Å². The molecule has 68 valence electrons. The van der Waals surface area contributed by atoms with Crippen molar-refractivity contribution in [3.05, 3.63) is 18.7 Å². The highest BCUT2D eigenvalue weighted by Gasteiger charge is 1.97. The number of nitrogens with one attached hydrogen (secondary N) is 1. The molecular weight excluding hydrogens is 150 g/mol. The van der Waals surface area contributed by atoms with Gasteiger partial charge in [0.05, 0.1) is 6.33 Å². The van der Waals surface area contributed by atoms with Crippen LogP contribution >= 0.6 is 0 Å². The largest absolute Gasteiger partial charge is 0.337 e. The second-order valence-corrected chi connectivity index (χ2v) is 3.13. The Hall–Kier alpha value is -0.830. The fourth-order valence-corrected chi connectivity index (χ4v) is 1.14. The van der Waals surface area contributed by atoms with Crippen molar-refractivity contribution in [3.63, 3.8) is 0 Å². The molecule has 0 aliphatic carbocycles. The van der Waals surface area contributed by atoms with Crippen LogP contribution in [0, 0.1) is 0 Å². The summed E-state index contributed by atoms with van der Waals surface area (Å²) in [7, 11) is 2.00. The second-order valence-electron chi connectivity index (χ2n) is 3.13. The molecule has 3 heteroatoms. The SMILES string of the molecule is CNC(C)CCCn1ccnc1. The van der Waals surface area contributed by atoms with Crippen LogP contribution in [0.15, 0.2) is 18.7 Å². The van der Waals surface area contributed by atoms with Crippen molar-refractivity contribution in [3.8, 4) is 0 Å². The molecular formula is C9H17N3. The van der Waals surface area contributed by atoms with Crippen molar-refractivity contribution in [2.24, 2.45) is 0 Å². The molecule has 1 N–H and O–H groups in total. The van der Waals surface area contributed by atoms with Gasteiger partial charge in [0.2, 0.25) is 0 Å². The van der Waals surface area contributed by atoms with Crippen molar-refractivity contribution < 1.29 is 0 Å². The lowest BCUT2D eigenvalue weighted by Gasteiger charge is -2.09. The summed E-state index contributed by atoms with van der Waals surface area (Å²) < 4.78 is 2.11. The van der Waals surface area contributed by atoms with Crippen LogP contribution in [0.5, 0.6) is 0 Å². The highest BCUT2D eigenvalue weighted by atomic mass is 15.0. The predicted octanol–water partition coefficient (Wildman–Crippen LogP) is 1.27. The lowest BCUT2D eigenvalue weighted by molar-refractivity contribution is 0.507. The number of rotatable bonds is 5. The van der Waals surface area contributed by atoms with Crippen LogP contribution < -0.4 is 5.32 Å². The van der Waals surface area contributed by atoms with Gasteiger partial charge in [-0.15, -0.1) is 0 Å². The first kappa shape index (κ1) is 9.26. The zero-order valence-electron chi connectivity index (χ0n) is 7.83. The number of hydrogen-bond acceptors (Lipinski definition) is 2. The van der Waals surface area contributed by atoms with Crippen molar-refractivity contribution in [1.29, 1.82) is 0 Å². The van der Waals surface area contributed by atoms with Gasteiger partial charge in [0.15, 0.2) is 0 Å². The van der Waals surface area contributed by atoms with Gasteiger partial charge in [0.1, 0.15) is 0 Å². The Morgan fingerprint density at radius 3 is 3.00 bits per heavy atom. The van der Waals surface area contributed by atoms with E-state index in [-0.39, 0.29) is 0 Å². The summed E-state index contributed by atoms with van der Waals surface area (Å²) in [4.78, 5) is 3.99. The van der Waals surface area contributed by atoms with Crippen LogP contribution in [-0.2, 0) is 6.54 Å². The summed E-state index contributed by atoms with van der Waals surface area (Å²) >= 11 is 0. The number of aryl methyl sites for hydroxylation is 1. The molecule has 1 unspecified atom stereocenters. The van der Waals surface area contributed by atoms with E-state index in [0.29, 0.717) is 6.04 Å². The topological polar surface area (TPSA) is 29.9 Å². The Morgan fingerprint density at radius 1 is 1.58 bits per heavy atom. The van der Waals surface area contributed by atoms with Crippen molar-refractivity contribution in [1.82, 2.24) is 14.9 Å². The van der Waals surface area contributed by atoms with Crippen molar-refractivity contribution >= 4 is 0 Å². The maximum absolute atomic E-state index is 3.99. The van der Waals surface area contributed by atoms with Crippen LogP contribution in [0.2, 0.25) is 0 Å². The molecule has 1 atom stereocenters. The maximum atomic E-state index is 3.99. The Labute approximate surface area is 73.8 Å². The normalized spacial score (nSPS) is 13.2. The molecule has 1 rings (SSSR count). The molecule has 0 aliphatic rings. The van der Waals surface area contributed by atoms with Gasteiger partial charge in [-0.05, 0) is 26.8 Å². The first-order chi connectivity index (χ1) is 5.83. The third kappa shape index (κ3) is 3.05. The number of imidazole rings is 1. The monoisotopic (exact) mass is 167 g/mol. The second kappa shape index (κ2) is 4.93. The average Bonchev–Trinajstić information content (AvgIpc) is 2.57. The van der Waals surface area contributed by atoms with Crippen LogP contribution in [0.1, 0.15) is 19.8 Å². The molecule has 1 heterocycles. The predicted molar refractivity (Wildman–Crippen MR) is 50.0 cm³/mol. The molecule has 0 amide bonds. The minimum Gasteiger partial charge on any atom is -0.337 e. The molecule has 0 saturated carbocycles. The van der Waals surface area contributed by atoms with Crippen molar-refractivity contribution in [2.75, 3.05) is 7.05 Å². The first-order valence-electron chi connectivity index (χ1n) is 4.46. The van der Waals surface area contributed by atoms with Gasteiger partial charge in [-0.25, -0.2) is 4.98 Å². The van der Waals surface area contributed by atoms with E-state index in [2.05, 4.69) is 21.8 Å². The molecule has 0 bridgehead atoms. The lowest BCUT2D eigenvalue weighted by Crippen LogP contribution is -2.21. The molecule has 12 heavy (non-hydrogen) atoms. The Balaban J connectivity index is 2.11. The Bertz CT molecular complexity index is 194. The average molecular weight is 167 g/mol. The highest BCUT2D eigenvalue weighted by Crippen LogP contribution is 1.98. The van der Waals surface area contributed by atoms with Gasteiger partial charge >= 0.3 is 0 Å². The van der Waals surface area contributed by atoms with E-state index in [1.165, 1.54) is 12.8 Å². The van der Waals surface area contributed by atoms with E-state index in [1.54, 1.807) is 0 Å². The minimum absolute atomic E-state index is 0.619. The summed E-state index contributed by atoms with van der Waals surface area (Å²) in [6.45, 7) is 3.28. The molecule has 3 nitrogen and oxygen atoms in total. The van der Waals surface area contributed by atoms with Crippen LogP contribution in [0.3, 0.4) is 0 Å².